The summed E-state index contributed by atoms with van der Waals surface area (Å²) in [6.07, 6.45) is 0.321. The molecule has 0 atom stereocenters. The fraction of sp³-hybridized carbons (Fsp3) is 0.136. The summed E-state index contributed by atoms with van der Waals surface area (Å²) in [4.78, 5) is 51.7. The fourth-order valence-electron chi connectivity index (χ4n) is 3.11. The van der Waals surface area contributed by atoms with Crippen LogP contribution in [0.2, 0.25) is 0 Å². The van der Waals surface area contributed by atoms with Crippen molar-refractivity contribution in [3.05, 3.63) is 59.5 Å². The van der Waals surface area contributed by atoms with Crippen LogP contribution in [0.25, 0.3) is 11.3 Å². The minimum absolute atomic E-state index is 0.142. The summed E-state index contributed by atoms with van der Waals surface area (Å²) in [7, 11) is 0. The summed E-state index contributed by atoms with van der Waals surface area (Å²) in [5.41, 5.74) is 5.64. The highest BCUT2D eigenvalue weighted by Gasteiger charge is 2.24. The smallest absolute Gasteiger partial charge is 0.257 e. The molecule has 1 fully saturated rings. The van der Waals surface area contributed by atoms with Gasteiger partial charge in [-0.3, -0.25) is 29.9 Å². The van der Waals surface area contributed by atoms with E-state index in [0.717, 1.165) is 5.56 Å². The summed E-state index contributed by atoms with van der Waals surface area (Å²) in [6, 6.07) is 13.6. The highest BCUT2D eigenvalue weighted by Crippen LogP contribution is 2.26. The lowest BCUT2D eigenvalue weighted by atomic mass is 10.1. The molecular formula is C22H19N5O4S. The van der Waals surface area contributed by atoms with Crippen molar-refractivity contribution in [2.24, 2.45) is 0 Å². The number of hydrogen-bond donors (Lipinski definition) is 3. The first-order chi connectivity index (χ1) is 15.4. The number of amides is 4. The Morgan fingerprint density at radius 3 is 2.41 bits per heavy atom. The maximum atomic E-state index is 12.6. The van der Waals surface area contributed by atoms with E-state index in [1.807, 2.05) is 17.5 Å². The first-order valence-corrected chi connectivity index (χ1v) is 10.6. The average molecular weight is 449 g/mol. The van der Waals surface area contributed by atoms with Crippen molar-refractivity contribution in [1.82, 2.24) is 10.4 Å². The molecule has 1 aliphatic heterocycles. The van der Waals surface area contributed by atoms with Crippen LogP contribution in [0.1, 0.15) is 30.1 Å². The van der Waals surface area contributed by atoms with Gasteiger partial charge in [-0.1, -0.05) is 12.1 Å². The van der Waals surface area contributed by atoms with Crippen molar-refractivity contribution < 1.29 is 19.2 Å². The molecule has 2 aromatic carbocycles. The zero-order chi connectivity index (χ0) is 22.7. The molecule has 0 aliphatic carbocycles. The lowest BCUT2D eigenvalue weighted by Crippen LogP contribution is -2.50. The summed E-state index contributed by atoms with van der Waals surface area (Å²) in [5.74, 6) is -0.915. The van der Waals surface area contributed by atoms with E-state index < -0.39 is 0 Å². The van der Waals surface area contributed by atoms with Crippen LogP contribution in [0.15, 0.2) is 53.9 Å². The van der Waals surface area contributed by atoms with Crippen LogP contribution in [0.4, 0.5) is 16.5 Å². The van der Waals surface area contributed by atoms with Crippen LogP contribution in [0.5, 0.6) is 0 Å². The standard InChI is InChI=1S/C22H19N5O4S/c1-13(28)23-16-6-2-14(3-7-16)18-12-32-22(24-18)25-21(31)15-4-8-17(9-5-15)27-20(30)11-10-19(29)26-27/h2-9,12H,10-11H2,1H3,(H,23,28)(H,26,29)(H,24,25,31). The number of hydrogen-bond acceptors (Lipinski definition) is 6. The summed E-state index contributed by atoms with van der Waals surface area (Å²) < 4.78 is 0. The molecule has 0 bridgehead atoms. The van der Waals surface area contributed by atoms with E-state index in [0.29, 0.717) is 27.8 Å². The normalized spacial score (nSPS) is 13.5. The minimum atomic E-state index is -0.340. The number of aromatic nitrogens is 1. The first-order valence-electron chi connectivity index (χ1n) is 9.76. The maximum absolute atomic E-state index is 12.6. The largest absolute Gasteiger partial charge is 0.326 e. The highest BCUT2D eigenvalue weighted by molar-refractivity contribution is 7.14. The van der Waals surface area contributed by atoms with E-state index >= 15 is 0 Å². The van der Waals surface area contributed by atoms with Crippen LogP contribution in [0, 0.1) is 0 Å². The third-order valence-corrected chi connectivity index (χ3v) is 5.42. The van der Waals surface area contributed by atoms with Gasteiger partial charge in [-0.2, -0.15) is 0 Å². The first kappa shape index (κ1) is 21.2. The Bertz CT molecular complexity index is 1190. The average Bonchev–Trinajstić information content (AvgIpc) is 3.24. The predicted octanol–water partition coefficient (Wildman–Crippen LogP) is 3.18. The van der Waals surface area contributed by atoms with Gasteiger partial charge >= 0.3 is 0 Å². The van der Waals surface area contributed by atoms with E-state index in [4.69, 9.17) is 0 Å². The molecule has 3 N–H and O–H groups in total. The predicted molar refractivity (Wildman–Crippen MR) is 121 cm³/mol. The van der Waals surface area contributed by atoms with Crippen molar-refractivity contribution in [2.45, 2.75) is 19.8 Å². The molecule has 1 saturated heterocycles. The Morgan fingerprint density at radius 1 is 1.00 bits per heavy atom. The molecule has 32 heavy (non-hydrogen) atoms. The number of rotatable bonds is 5. The van der Waals surface area contributed by atoms with Gasteiger partial charge in [0.25, 0.3) is 5.91 Å². The second-order valence-corrected chi connectivity index (χ2v) is 7.92. The van der Waals surface area contributed by atoms with Crippen molar-refractivity contribution >= 4 is 51.5 Å². The van der Waals surface area contributed by atoms with Gasteiger partial charge in [-0.05, 0) is 36.4 Å². The molecule has 9 nitrogen and oxygen atoms in total. The van der Waals surface area contributed by atoms with Crippen LogP contribution < -0.4 is 21.1 Å². The van der Waals surface area contributed by atoms with Crippen molar-refractivity contribution in [2.75, 3.05) is 15.6 Å². The zero-order valence-corrected chi connectivity index (χ0v) is 17.9. The van der Waals surface area contributed by atoms with Crippen LogP contribution >= 0.6 is 11.3 Å². The van der Waals surface area contributed by atoms with Gasteiger partial charge in [0.05, 0.1) is 11.4 Å². The Morgan fingerprint density at radius 2 is 1.72 bits per heavy atom. The van der Waals surface area contributed by atoms with Gasteiger partial charge in [0.15, 0.2) is 5.13 Å². The van der Waals surface area contributed by atoms with E-state index in [-0.39, 0.29) is 36.5 Å². The second kappa shape index (κ2) is 8.98. The molecule has 4 amide bonds. The number of nitrogens with one attached hydrogen (secondary N) is 3. The van der Waals surface area contributed by atoms with Gasteiger partial charge in [-0.25, -0.2) is 9.99 Å². The van der Waals surface area contributed by atoms with E-state index in [9.17, 15) is 19.2 Å². The number of benzene rings is 2. The molecule has 0 spiro atoms. The molecule has 1 aromatic heterocycles. The fourth-order valence-corrected chi connectivity index (χ4v) is 3.82. The molecule has 162 valence electrons. The topological polar surface area (TPSA) is 120 Å². The van der Waals surface area contributed by atoms with E-state index in [1.165, 1.54) is 23.3 Å². The number of nitrogens with zero attached hydrogens (tertiary/aromatic N) is 2. The van der Waals surface area contributed by atoms with Crippen LogP contribution in [-0.4, -0.2) is 28.6 Å². The Labute approximate surface area is 187 Å². The SMILES string of the molecule is CC(=O)Nc1ccc(-c2csc(NC(=O)c3ccc(N4NC(=O)CCC4=O)cc3)n2)cc1. The number of hydrazine groups is 1. The molecular weight excluding hydrogens is 430 g/mol. The lowest BCUT2D eigenvalue weighted by Gasteiger charge is -2.27. The maximum Gasteiger partial charge on any atom is 0.257 e. The lowest BCUT2D eigenvalue weighted by molar-refractivity contribution is -0.130. The Balaban J connectivity index is 1.41. The van der Waals surface area contributed by atoms with Crippen LogP contribution in [0.3, 0.4) is 0 Å². The molecule has 3 aromatic rings. The van der Waals surface area contributed by atoms with E-state index in [1.54, 1.807) is 36.4 Å². The van der Waals surface area contributed by atoms with Crippen molar-refractivity contribution in [1.29, 1.82) is 0 Å². The van der Waals surface area contributed by atoms with Crippen LogP contribution in [-0.2, 0) is 14.4 Å². The molecule has 0 saturated carbocycles. The number of carbonyl (C=O) groups excluding carboxylic acids is 4. The number of carbonyl (C=O) groups is 4. The van der Waals surface area contributed by atoms with Gasteiger partial charge in [-0.15, -0.1) is 11.3 Å². The van der Waals surface area contributed by atoms with Gasteiger partial charge in [0.1, 0.15) is 0 Å². The molecule has 0 unspecified atom stereocenters. The quantitative estimate of drug-likeness (QED) is 0.553. The number of thiazole rings is 1. The monoisotopic (exact) mass is 449 g/mol. The van der Waals surface area contributed by atoms with Gasteiger partial charge in [0.2, 0.25) is 17.7 Å². The summed E-state index contributed by atoms with van der Waals surface area (Å²) in [5, 5.41) is 8.93. The second-order valence-electron chi connectivity index (χ2n) is 7.06. The molecule has 1 aliphatic rings. The molecule has 4 rings (SSSR count). The third kappa shape index (κ3) is 4.81. The van der Waals surface area contributed by atoms with Gasteiger partial charge in [0, 0.05) is 42.0 Å². The number of anilines is 3. The molecule has 2 heterocycles. The van der Waals surface area contributed by atoms with Crippen molar-refractivity contribution in [3.63, 3.8) is 0 Å². The zero-order valence-electron chi connectivity index (χ0n) is 17.0. The Kier molecular flexibility index (Phi) is 5.95. The Hall–Kier alpha value is -4.05. The van der Waals surface area contributed by atoms with Crippen molar-refractivity contribution in [3.8, 4) is 11.3 Å². The molecule has 10 heteroatoms. The highest BCUT2D eigenvalue weighted by atomic mass is 32.1. The minimum Gasteiger partial charge on any atom is -0.326 e. The van der Waals surface area contributed by atoms with Gasteiger partial charge < -0.3 is 5.32 Å². The molecule has 0 radical (unpaired) electrons. The third-order valence-electron chi connectivity index (χ3n) is 4.67. The summed E-state index contributed by atoms with van der Waals surface area (Å²) >= 11 is 1.30. The van der Waals surface area contributed by atoms with E-state index in [2.05, 4.69) is 21.0 Å². The summed E-state index contributed by atoms with van der Waals surface area (Å²) in [6.45, 7) is 1.45.